The standard InChI is InChI=1S/C15H29N3/c1-4-6-15(13-16)18-11-9-17(10-12-18)8-5-7-14(2)3/h14-15H,4-12H2,1-3H3. The Balaban J connectivity index is 2.21. The highest BCUT2D eigenvalue weighted by molar-refractivity contribution is 4.93. The highest BCUT2D eigenvalue weighted by Crippen LogP contribution is 2.12. The van der Waals surface area contributed by atoms with Crippen LogP contribution in [0.5, 0.6) is 0 Å². The minimum Gasteiger partial charge on any atom is -0.301 e. The summed E-state index contributed by atoms with van der Waals surface area (Å²) < 4.78 is 0. The molecular weight excluding hydrogens is 222 g/mol. The third kappa shape index (κ3) is 5.37. The molecule has 0 bridgehead atoms. The van der Waals surface area contributed by atoms with E-state index in [0.717, 1.165) is 44.9 Å². The SMILES string of the molecule is CCCC(C#N)N1CCN(CCCC(C)C)CC1. The second-order valence-electron chi connectivity index (χ2n) is 5.85. The van der Waals surface area contributed by atoms with Crippen LogP contribution in [0.15, 0.2) is 0 Å². The lowest BCUT2D eigenvalue weighted by molar-refractivity contribution is 0.109. The van der Waals surface area contributed by atoms with Crippen molar-refractivity contribution < 1.29 is 0 Å². The van der Waals surface area contributed by atoms with Crippen LogP contribution in [0.1, 0.15) is 46.5 Å². The van der Waals surface area contributed by atoms with Crippen LogP contribution in [0, 0.1) is 17.2 Å². The summed E-state index contributed by atoms with van der Waals surface area (Å²) in [6.45, 7) is 12.4. The normalized spacial score (nSPS) is 19.9. The first-order valence-corrected chi connectivity index (χ1v) is 7.53. The summed E-state index contributed by atoms with van der Waals surface area (Å²) in [5.74, 6) is 0.818. The van der Waals surface area contributed by atoms with Gasteiger partial charge in [0.05, 0.1) is 12.1 Å². The molecule has 0 aromatic carbocycles. The van der Waals surface area contributed by atoms with E-state index in [9.17, 15) is 5.26 Å². The van der Waals surface area contributed by atoms with Gasteiger partial charge in [-0.3, -0.25) is 4.90 Å². The van der Waals surface area contributed by atoms with Crippen molar-refractivity contribution in [2.75, 3.05) is 32.7 Å². The number of hydrogen-bond donors (Lipinski definition) is 0. The van der Waals surface area contributed by atoms with E-state index in [4.69, 9.17) is 0 Å². The van der Waals surface area contributed by atoms with Gasteiger partial charge in [-0.2, -0.15) is 5.26 Å². The highest BCUT2D eigenvalue weighted by Gasteiger charge is 2.22. The maximum atomic E-state index is 9.17. The second-order valence-corrected chi connectivity index (χ2v) is 5.85. The Labute approximate surface area is 113 Å². The lowest BCUT2D eigenvalue weighted by atomic mass is 10.1. The third-order valence-corrected chi connectivity index (χ3v) is 3.81. The molecule has 0 amide bonds. The fourth-order valence-corrected chi connectivity index (χ4v) is 2.62. The molecule has 0 aromatic heterocycles. The van der Waals surface area contributed by atoms with Crippen molar-refractivity contribution in [3.63, 3.8) is 0 Å². The zero-order valence-corrected chi connectivity index (χ0v) is 12.4. The molecule has 1 heterocycles. The van der Waals surface area contributed by atoms with Crippen LogP contribution in [0.3, 0.4) is 0 Å². The van der Waals surface area contributed by atoms with Gasteiger partial charge in [-0.1, -0.05) is 27.2 Å². The number of nitriles is 1. The Morgan fingerprint density at radius 3 is 2.28 bits per heavy atom. The van der Waals surface area contributed by atoms with Gasteiger partial charge in [0.25, 0.3) is 0 Å². The van der Waals surface area contributed by atoms with Gasteiger partial charge in [-0.25, -0.2) is 0 Å². The zero-order chi connectivity index (χ0) is 13.4. The van der Waals surface area contributed by atoms with Gasteiger partial charge >= 0.3 is 0 Å². The number of piperazine rings is 1. The van der Waals surface area contributed by atoms with E-state index in [2.05, 4.69) is 36.6 Å². The van der Waals surface area contributed by atoms with Crippen LogP contribution in [0.25, 0.3) is 0 Å². The summed E-state index contributed by atoms with van der Waals surface area (Å²) in [6, 6.07) is 2.60. The second kappa shape index (κ2) is 8.50. The first-order valence-electron chi connectivity index (χ1n) is 7.53. The van der Waals surface area contributed by atoms with E-state index in [1.807, 2.05) is 0 Å². The molecule has 1 saturated heterocycles. The minimum absolute atomic E-state index is 0.146. The predicted molar refractivity (Wildman–Crippen MR) is 76.4 cm³/mol. The molecule has 3 nitrogen and oxygen atoms in total. The van der Waals surface area contributed by atoms with E-state index >= 15 is 0 Å². The molecule has 104 valence electrons. The van der Waals surface area contributed by atoms with Crippen molar-refractivity contribution in [2.45, 2.75) is 52.5 Å². The van der Waals surface area contributed by atoms with Crippen molar-refractivity contribution in [2.24, 2.45) is 5.92 Å². The molecule has 1 aliphatic rings. The van der Waals surface area contributed by atoms with Gasteiger partial charge in [-0.05, 0) is 31.7 Å². The predicted octanol–water partition coefficient (Wildman–Crippen LogP) is 2.73. The molecule has 0 radical (unpaired) electrons. The van der Waals surface area contributed by atoms with E-state index < -0.39 is 0 Å². The molecule has 1 atom stereocenters. The first-order chi connectivity index (χ1) is 8.67. The molecule has 1 fully saturated rings. The Morgan fingerprint density at radius 1 is 1.11 bits per heavy atom. The highest BCUT2D eigenvalue weighted by atomic mass is 15.3. The molecule has 3 heteroatoms. The molecule has 18 heavy (non-hydrogen) atoms. The maximum Gasteiger partial charge on any atom is 0.0978 e. The van der Waals surface area contributed by atoms with Crippen molar-refractivity contribution in [1.82, 2.24) is 9.80 Å². The van der Waals surface area contributed by atoms with E-state index in [1.165, 1.54) is 19.4 Å². The first kappa shape index (κ1) is 15.5. The average Bonchev–Trinajstić information content (AvgIpc) is 2.36. The number of rotatable bonds is 7. The van der Waals surface area contributed by atoms with Gasteiger partial charge in [0, 0.05) is 26.2 Å². The Bertz CT molecular complexity index is 249. The monoisotopic (exact) mass is 251 g/mol. The molecule has 0 spiro atoms. The van der Waals surface area contributed by atoms with Crippen LogP contribution in [0.4, 0.5) is 0 Å². The molecule has 1 aliphatic heterocycles. The summed E-state index contributed by atoms with van der Waals surface area (Å²) in [5.41, 5.74) is 0. The summed E-state index contributed by atoms with van der Waals surface area (Å²) in [5, 5.41) is 9.17. The van der Waals surface area contributed by atoms with Gasteiger partial charge in [0.2, 0.25) is 0 Å². The zero-order valence-electron chi connectivity index (χ0n) is 12.4. The topological polar surface area (TPSA) is 30.3 Å². The van der Waals surface area contributed by atoms with Crippen LogP contribution < -0.4 is 0 Å². The molecule has 0 saturated carbocycles. The summed E-state index contributed by atoms with van der Waals surface area (Å²) in [4.78, 5) is 4.92. The van der Waals surface area contributed by atoms with E-state index in [1.54, 1.807) is 0 Å². The van der Waals surface area contributed by atoms with E-state index in [-0.39, 0.29) is 6.04 Å². The fraction of sp³-hybridized carbons (Fsp3) is 0.933. The van der Waals surface area contributed by atoms with Crippen molar-refractivity contribution >= 4 is 0 Å². The third-order valence-electron chi connectivity index (χ3n) is 3.81. The van der Waals surface area contributed by atoms with Gasteiger partial charge in [0.15, 0.2) is 0 Å². The van der Waals surface area contributed by atoms with Crippen molar-refractivity contribution in [3.8, 4) is 6.07 Å². The summed E-state index contributed by atoms with van der Waals surface area (Å²) in [7, 11) is 0. The molecular formula is C15H29N3. The lowest BCUT2D eigenvalue weighted by Gasteiger charge is -2.37. The number of nitrogens with zero attached hydrogens (tertiary/aromatic N) is 3. The molecule has 0 aliphatic carbocycles. The fourth-order valence-electron chi connectivity index (χ4n) is 2.62. The van der Waals surface area contributed by atoms with Gasteiger partial charge in [0.1, 0.15) is 0 Å². The van der Waals surface area contributed by atoms with Crippen LogP contribution in [-0.2, 0) is 0 Å². The molecule has 0 N–H and O–H groups in total. The van der Waals surface area contributed by atoms with E-state index in [0.29, 0.717) is 0 Å². The van der Waals surface area contributed by atoms with Crippen molar-refractivity contribution in [1.29, 1.82) is 5.26 Å². The molecule has 1 rings (SSSR count). The maximum absolute atomic E-state index is 9.17. The largest absolute Gasteiger partial charge is 0.301 e. The quantitative estimate of drug-likeness (QED) is 0.697. The van der Waals surface area contributed by atoms with Crippen LogP contribution in [-0.4, -0.2) is 48.6 Å². The Kier molecular flexibility index (Phi) is 7.31. The molecule has 0 aromatic rings. The van der Waals surface area contributed by atoms with Gasteiger partial charge < -0.3 is 4.90 Å². The Hall–Kier alpha value is -0.590. The van der Waals surface area contributed by atoms with Crippen LogP contribution >= 0.6 is 0 Å². The minimum atomic E-state index is 0.146. The summed E-state index contributed by atoms with van der Waals surface area (Å²) >= 11 is 0. The smallest absolute Gasteiger partial charge is 0.0978 e. The number of hydrogen-bond acceptors (Lipinski definition) is 3. The van der Waals surface area contributed by atoms with Gasteiger partial charge in [-0.15, -0.1) is 0 Å². The summed E-state index contributed by atoms with van der Waals surface area (Å²) in [6.07, 6.45) is 4.77. The van der Waals surface area contributed by atoms with Crippen molar-refractivity contribution in [3.05, 3.63) is 0 Å². The average molecular weight is 251 g/mol. The van der Waals surface area contributed by atoms with Crippen LogP contribution in [0.2, 0.25) is 0 Å². The lowest BCUT2D eigenvalue weighted by Crippen LogP contribution is -2.50. The Morgan fingerprint density at radius 2 is 1.78 bits per heavy atom. The molecule has 1 unspecified atom stereocenters.